The molecule has 0 bridgehead atoms. The standard InChI is InChI=1S/C15H26N4O2/c1-4-5-16-13-8-14(18-15(17-13)11(2)3)19-6-7-21-12(9-19)10-20/h8,11-12,20H,4-7,9-10H2,1-3H3,(H,16,17,18). The molecule has 2 N–H and O–H groups in total. The van der Waals surface area contributed by atoms with Gasteiger partial charge in [0.05, 0.1) is 19.3 Å². The van der Waals surface area contributed by atoms with Crippen LogP contribution in [0.15, 0.2) is 6.07 Å². The third-order valence-corrected chi connectivity index (χ3v) is 3.47. The lowest BCUT2D eigenvalue weighted by Gasteiger charge is -2.33. The predicted molar refractivity (Wildman–Crippen MR) is 83.9 cm³/mol. The first kappa shape index (κ1) is 16.0. The van der Waals surface area contributed by atoms with Gasteiger partial charge in [-0.2, -0.15) is 0 Å². The molecule has 0 spiro atoms. The van der Waals surface area contributed by atoms with E-state index in [0.717, 1.165) is 37.0 Å². The Hall–Kier alpha value is -1.40. The molecule has 2 heterocycles. The summed E-state index contributed by atoms with van der Waals surface area (Å²) < 4.78 is 5.50. The van der Waals surface area contributed by atoms with Crippen LogP contribution >= 0.6 is 0 Å². The molecule has 21 heavy (non-hydrogen) atoms. The van der Waals surface area contributed by atoms with E-state index in [4.69, 9.17) is 4.74 Å². The lowest BCUT2D eigenvalue weighted by molar-refractivity contribution is 0.00335. The quantitative estimate of drug-likeness (QED) is 0.831. The van der Waals surface area contributed by atoms with Crippen molar-refractivity contribution in [1.29, 1.82) is 0 Å². The molecule has 1 fully saturated rings. The van der Waals surface area contributed by atoms with Crippen molar-refractivity contribution in [2.45, 2.75) is 39.2 Å². The van der Waals surface area contributed by atoms with Crippen molar-refractivity contribution in [3.63, 3.8) is 0 Å². The molecule has 1 aromatic rings. The average molecular weight is 294 g/mol. The number of hydrogen-bond acceptors (Lipinski definition) is 6. The summed E-state index contributed by atoms with van der Waals surface area (Å²) in [5, 5.41) is 12.6. The van der Waals surface area contributed by atoms with Gasteiger partial charge in [0.2, 0.25) is 0 Å². The van der Waals surface area contributed by atoms with E-state index in [1.54, 1.807) is 0 Å². The molecule has 0 saturated carbocycles. The first-order chi connectivity index (χ1) is 10.1. The summed E-state index contributed by atoms with van der Waals surface area (Å²) in [6.07, 6.45) is 0.920. The minimum atomic E-state index is -0.136. The van der Waals surface area contributed by atoms with E-state index in [2.05, 4.69) is 41.0 Å². The zero-order valence-electron chi connectivity index (χ0n) is 13.2. The van der Waals surface area contributed by atoms with E-state index in [1.807, 2.05) is 6.07 Å². The highest BCUT2D eigenvalue weighted by molar-refractivity contribution is 5.50. The number of aromatic nitrogens is 2. The molecule has 1 aliphatic rings. The smallest absolute Gasteiger partial charge is 0.135 e. The van der Waals surface area contributed by atoms with Gasteiger partial charge >= 0.3 is 0 Å². The fraction of sp³-hybridized carbons (Fsp3) is 0.733. The van der Waals surface area contributed by atoms with Crippen LogP contribution < -0.4 is 10.2 Å². The highest BCUT2D eigenvalue weighted by atomic mass is 16.5. The molecule has 1 saturated heterocycles. The molecule has 1 unspecified atom stereocenters. The summed E-state index contributed by atoms with van der Waals surface area (Å²) in [7, 11) is 0. The van der Waals surface area contributed by atoms with Gasteiger partial charge in [-0.15, -0.1) is 0 Å². The highest BCUT2D eigenvalue weighted by Gasteiger charge is 2.22. The molecular weight excluding hydrogens is 268 g/mol. The number of rotatable bonds is 6. The predicted octanol–water partition coefficient (Wildman–Crippen LogP) is 1.62. The topological polar surface area (TPSA) is 70.5 Å². The Labute approximate surface area is 126 Å². The van der Waals surface area contributed by atoms with Crippen molar-refractivity contribution in [3.05, 3.63) is 11.9 Å². The molecule has 1 aromatic heterocycles. The van der Waals surface area contributed by atoms with Gasteiger partial charge in [0.1, 0.15) is 17.5 Å². The van der Waals surface area contributed by atoms with Crippen LogP contribution in [0.3, 0.4) is 0 Å². The van der Waals surface area contributed by atoms with E-state index in [-0.39, 0.29) is 18.6 Å². The number of hydrogen-bond donors (Lipinski definition) is 2. The summed E-state index contributed by atoms with van der Waals surface area (Å²) in [6, 6.07) is 1.99. The van der Waals surface area contributed by atoms with Crippen LogP contribution in [0, 0.1) is 0 Å². The van der Waals surface area contributed by atoms with E-state index < -0.39 is 0 Å². The van der Waals surface area contributed by atoms with Crippen LogP contribution in [-0.4, -0.2) is 54.0 Å². The van der Waals surface area contributed by atoms with Crippen molar-refractivity contribution in [3.8, 4) is 0 Å². The fourth-order valence-corrected chi connectivity index (χ4v) is 2.25. The normalized spacial score (nSPS) is 19.1. The fourth-order valence-electron chi connectivity index (χ4n) is 2.25. The molecule has 1 aliphatic heterocycles. The van der Waals surface area contributed by atoms with Gasteiger partial charge in [-0.25, -0.2) is 9.97 Å². The Morgan fingerprint density at radius 1 is 1.48 bits per heavy atom. The Morgan fingerprint density at radius 3 is 2.95 bits per heavy atom. The maximum absolute atomic E-state index is 9.27. The maximum Gasteiger partial charge on any atom is 0.135 e. The number of anilines is 2. The minimum Gasteiger partial charge on any atom is -0.394 e. The Morgan fingerprint density at radius 2 is 2.29 bits per heavy atom. The SMILES string of the molecule is CCCNc1cc(N2CCOC(CO)C2)nc(C(C)C)n1. The van der Waals surface area contributed by atoms with E-state index >= 15 is 0 Å². The Bertz CT molecular complexity index is 453. The lowest BCUT2D eigenvalue weighted by atomic mass is 10.2. The second-order valence-electron chi connectivity index (χ2n) is 5.67. The van der Waals surface area contributed by atoms with Gasteiger partial charge < -0.3 is 20.1 Å². The van der Waals surface area contributed by atoms with Crippen LogP contribution in [-0.2, 0) is 4.74 Å². The molecular formula is C15H26N4O2. The number of aliphatic hydroxyl groups is 1. The number of ether oxygens (including phenoxy) is 1. The number of morpholine rings is 1. The molecule has 0 aromatic carbocycles. The summed E-state index contributed by atoms with van der Waals surface area (Å²) in [4.78, 5) is 11.4. The Kier molecular flexibility index (Phi) is 5.76. The average Bonchev–Trinajstić information content (AvgIpc) is 2.52. The second-order valence-corrected chi connectivity index (χ2v) is 5.67. The number of nitrogens with zero attached hydrogens (tertiary/aromatic N) is 3. The number of nitrogens with one attached hydrogen (secondary N) is 1. The molecule has 0 radical (unpaired) electrons. The third kappa shape index (κ3) is 4.28. The minimum absolute atomic E-state index is 0.0412. The highest BCUT2D eigenvalue weighted by Crippen LogP contribution is 2.22. The molecule has 118 valence electrons. The van der Waals surface area contributed by atoms with Gasteiger partial charge in [0.15, 0.2) is 0 Å². The summed E-state index contributed by atoms with van der Waals surface area (Å²) in [5.41, 5.74) is 0. The molecule has 6 heteroatoms. The van der Waals surface area contributed by atoms with Crippen molar-refractivity contribution in [2.24, 2.45) is 0 Å². The molecule has 2 rings (SSSR count). The van der Waals surface area contributed by atoms with E-state index in [0.29, 0.717) is 13.2 Å². The van der Waals surface area contributed by atoms with Crippen molar-refractivity contribution >= 4 is 11.6 Å². The largest absolute Gasteiger partial charge is 0.394 e. The maximum atomic E-state index is 9.27. The molecule has 1 atom stereocenters. The first-order valence-corrected chi connectivity index (χ1v) is 7.74. The van der Waals surface area contributed by atoms with Crippen LogP contribution in [0.4, 0.5) is 11.6 Å². The van der Waals surface area contributed by atoms with Crippen molar-refractivity contribution in [2.75, 3.05) is 43.1 Å². The summed E-state index contributed by atoms with van der Waals surface area (Å²) in [6.45, 7) is 9.33. The van der Waals surface area contributed by atoms with Gasteiger partial charge in [0.25, 0.3) is 0 Å². The zero-order chi connectivity index (χ0) is 15.2. The van der Waals surface area contributed by atoms with E-state index in [9.17, 15) is 5.11 Å². The summed E-state index contributed by atoms with van der Waals surface area (Å²) in [5.74, 6) is 2.91. The van der Waals surface area contributed by atoms with Crippen LogP contribution in [0.2, 0.25) is 0 Å². The Balaban J connectivity index is 2.22. The molecule has 6 nitrogen and oxygen atoms in total. The second kappa shape index (κ2) is 7.56. The molecule has 0 amide bonds. The zero-order valence-corrected chi connectivity index (χ0v) is 13.2. The van der Waals surface area contributed by atoms with Gasteiger partial charge in [-0.1, -0.05) is 20.8 Å². The van der Waals surface area contributed by atoms with Gasteiger partial charge in [0, 0.05) is 31.6 Å². The molecule has 0 aliphatic carbocycles. The van der Waals surface area contributed by atoms with Crippen LogP contribution in [0.25, 0.3) is 0 Å². The first-order valence-electron chi connectivity index (χ1n) is 7.74. The van der Waals surface area contributed by atoms with E-state index in [1.165, 1.54) is 0 Å². The lowest BCUT2D eigenvalue weighted by Crippen LogP contribution is -2.44. The van der Waals surface area contributed by atoms with Crippen molar-refractivity contribution in [1.82, 2.24) is 9.97 Å². The van der Waals surface area contributed by atoms with Crippen molar-refractivity contribution < 1.29 is 9.84 Å². The third-order valence-electron chi connectivity index (χ3n) is 3.47. The van der Waals surface area contributed by atoms with Crippen LogP contribution in [0.5, 0.6) is 0 Å². The summed E-state index contributed by atoms with van der Waals surface area (Å²) >= 11 is 0. The van der Waals surface area contributed by atoms with Gasteiger partial charge in [-0.05, 0) is 6.42 Å². The monoisotopic (exact) mass is 294 g/mol. The number of aliphatic hydroxyl groups excluding tert-OH is 1. The van der Waals surface area contributed by atoms with Crippen LogP contribution in [0.1, 0.15) is 38.9 Å². The van der Waals surface area contributed by atoms with Gasteiger partial charge in [-0.3, -0.25) is 0 Å².